The predicted octanol–water partition coefficient (Wildman–Crippen LogP) is 4.07. The van der Waals surface area contributed by atoms with Gasteiger partial charge >= 0.3 is 0 Å². The third-order valence-corrected chi connectivity index (χ3v) is 11.8. The van der Waals surface area contributed by atoms with Gasteiger partial charge in [-0.2, -0.15) is 0 Å². The first-order valence-electron chi connectivity index (χ1n) is 8.72. The lowest BCUT2D eigenvalue weighted by Crippen LogP contribution is -2.49. The lowest BCUT2D eigenvalue weighted by atomic mass is 10.2. The first kappa shape index (κ1) is 20.4. The standard InChI is InChI=1S/C19H31NO3SSi/c1-19(2,3)25(6,7)23-16-13-14-17(18(16)20(4)5)24(21,22)15-11-9-8-10-12-15/h8-12,14,16,18H,13H2,1-7H3/t16-,18-/m1/s1. The average Bonchev–Trinajstić information content (AvgIpc) is 2.91. The highest BCUT2D eigenvalue weighted by Gasteiger charge is 2.45. The second-order valence-corrected chi connectivity index (χ2v) is 15.2. The molecule has 0 saturated carbocycles. The molecule has 0 aromatic heterocycles. The van der Waals surface area contributed by atoms with Crippen molar-refractivity contribution in [3.8, 4) is 0 Å². The minimum absolute atomic E-state index is 0.0882. The molecule has 0 unspecified atom stereocenters. The van der Waals surface area contributed by atoms with E-state index >= 15 is 0 Å². The fourth-order valence-corrected chi connectivity index (χ4v) is 6.04. The Hall–Kier alpha value is -0.953. The van der Waals surface area contributed by atoms with Gasteiger partial charge in [-0.05, 0) is 50.8 Å². The third kappa shape index (κ3) is 4.08. The summed E-state index contributed by atoms with van der Waals surface area (Å²) in [5.74, 6) is 0. The molecular formula is C19H31NO3SSi. The van der Waals surface area contributed by atoms with Crippen molar-refractivity contribution < 1.29 is 12.8 Å². The Balaban J connectivity index is 2.34. The van der Waals surface area contributed by atoms with Crippen LogP contribution in [0.5, 0.6) is 0 Å². The largest absolute Gasteiger partial charge is 0.412 e. The Bertz CT molecular complexity index is 734. The second kappa shape index (κ2) is 6.99. The van der Waals surface area contributed by atoms with Crippen LogP contribution < -0.4 is 0 Å². The maximum Gasteiger partial charge on any atom is 0.204 e. The van der Waals surface area contributed by atoms with E-state index in [1.807, 2.05) is 31.1 Å². The summed E-state index contributed by atoms with van der Waals surface area (Å²) < 4.78 is 32.8. The highest BCUT2D eigenvalue weighted by molar-refractivity contribution is 7.95. The van der Waals surface area contributed by atoms with Gasteiger partial charge in [0.2, 0.25) is 9.84 Å². The lowest BCUT2D eigenvalue weighted by molar-refractivity contribution is 0.118. The number of nitrogens with zero attached hydrogens (tertiary/aromatic N) is 1. The van der Waals surface area contributed by atoms with E-state index in [-0.39, 0.29) is 17.2 Å². The Labute approximate surface area is 153 Å². The topological polar surface area (TPSA) is 46.6 Å². The predicted molar refractivity (Wildman–Crippen MR) is 106 cm³/mol. The van der Waals surface area contributed by atoms with Gasteiger partial charge in [0.05, 0.1) is 21.9 Å². The fourth-order valence-electron chi connectivity index (χ4n) is 2.92. The molecule has 1 aliphatic rings. The molecule has 25 heavy (non-hydrogen) atoms. The summed E-state index contributed by atoms with van der Waals surface area (Å²) in [4.78, 5) is 2.78. The average molecular weight is 382 g/mol. The molecule has 0 heterocycles. The van der Waals surface area contributed by atoms with Crippen molar-refractivity contribution in [3.63, 3.8) is 0 Å². The van der Waals surface area contributed by atoms with Crippen LogP contribution in [0.25, 0.3) is 0 Å². The summed E-state index contributed by atoms with van der Waals surface area (Å²) in [6, 6.07) is 8.41. The Morgan fingerprint density at radius 2 is 1.68 bits per heavy atom. The van der Waals surface area contributed by atoms with E-state index in [1.54, 1.807) is 24.3 Å². The van der Waals surface area contributed by atoms with Crippen LogP contribution >= 0.6 is 0 Å². The molecule has 0 radical (unpaired) electrons. The zero-order valence-corrected chi connectivity index (χ0v) is 18.2. The van der Waals surface area contributed by atoms with E-state index < -0.39 is 18.2 Å². The van der Waals surface area contributed by atoms with E-state index in [0.29, 0.717) is 16.2 Å². The van der Waals surface area contributed by atoms with Crippen LogP contribution in [-0.4, -0.2) is 47.9 Å². The summed E-state index contributed by atoms with van der Waals surface area (Å²) in [6.45, 7) is 11.0. The van der Waals surface area contributed by atoms with Gasteiger partial charge < -0.3 is 4.43 Å². The zero-order chi connectivity index (χ0) is 19.0. The van der Waals surface area contributed by atoms with E-state index in [2.05, 4.69) is 33.9 Å². The third-order valence-electron chi connectivity index (χ3n) is 5.37. The van der Waals surface area contributed by atoms with Crippen molar-refractivity contribution in [1.29, 1.82) is 0 Å². The Morgan fingerprint density at radius 1 is 1.12 bits per heavy atom. The highest BCUT2D eigenvalue weighted by Crippen LogP contribution is 2.41. The van der Waals surface area contributed by atoms with Gasteiger partial charge in [-0.1, -0.05) is 45.0 Å². The fraction of sp³-hybridized carbons (Fsp3) is 0.579. The molecular weight excluding hydrogens is 350 g/mol. The van der Waals surface area contributed by atoms with E-state index in [4.69, 9.17) is 4.43 Å². The van der Waals surface area contributed by atoms with Crippen LogP contribution in [0.4, 0.5) is 0 Å². The normalized spacial score (nSPS) is 22.3. The first-order valence-corrected chi connectivity index (χ1v) is 13.1. The van der Waals surface area contributed by atoms with Crippen LogP contribution in [0.1, 0.15) is 27.2 Å². The maximum absolute atomic E-state index is 13.1. The van der Waals surface area contributed by atoms with Gasteiger partial charge in [-0.15, -0.1) is 0 Å². The summed E-state index contributed by atoms with van der Waals surface area (Å²) in [5, 5.41) is 0.0882. The molecule has 0 fully saturated rings. The molecule has 1 aromatic carbocycles. The minimum atomic E-state index is -3.50. The van der Waals surface area contributed by atoms with Crippen molar-refractivity contribution in [2.75, 3.05) is 14.1 Å². The van der Waals surface area contributed by atoms with Crippen LogP contribution in [0, 0.1) is 0 Å². The number of benzene rings is 1. The number of hydrogen-bond acceptors (Lipinski definition) is 4. The molecule has 6 heteroatoms. The lowest BCUT2D eigenvalue weighted by Gasteiger charge is -2.41. The van der Waals surface area contributed by atoms with Crippen LogP contribution in [0.15, 0.2) is 46.2 Å². The first-order chi connectivity index (χ1) is 11.4. The quantitative estimate of drug-likeness (QED) is 0.721. The molecule has 2 rings (SSSR count). The van der Waals surface area contributed by atoms with Crippen LogP contribution in [-0.2, 0) is 14.3 Å². The van der Waals surface area contributed by atoms with Crippen molar-refractivity contribution in [3.05, 3.63) is 41.3 Å². The molecule has 2 atom stereocenters. The van der Waals surface area contributed by atoms with Crippen LogP contribution in [0.3, 0.4) is 0 Å². The van der Waals surface area contributed by atoms with Crippen molar-refractivity contribution in [1.82, 2.24) is 4.90 Å². The molecule has 0 spiro atoms. The Morgan fingerprint density at radius 3 is 2.16 bits per heavy atom. The summed E-state index contributed by atoms with van der Waals surface area (Å²) >= 11 is 0. The molecule has 0 amide bonds. The monoisotopic (exact) mass is 381 g/mol. The SMILES string of the molecule is CN(C)[C@H]1C(S(=O)(=O)c2ccccc2)=CC[C@H]1O[Si](C)(C)C(C)(C)C. The number of rotatable bonds is 5. The van der Waals surface area contributed by atoms with Gasteiger partial charge in [0.15, 0.2) is 8.32 Å². The minimum Gasteiger partial charge on any atom is -0.412 e. The summed E-state index contributed by atoms with van der Waals surface area (Å²) in [7, 11) is -1.64. The van der Waals surface area contributed by atoms with E-state index in [0.717, 1.165) is 0 Å². The second-order valence-electron chi connectivity index (χ2n) is 8.48. The zero-order valence-electron chi connectivity index (χ0n) is 16.4. The van der Waals surface area contributed by atoms with Crippen LogP contribution in [0.2, 0.25) is 18.1 Å². The van der Waals surface area contributed by atoms with E-state index in [9.17, 15) is 8.42 Å². The molecule has 0 aliphatic heterocycles. The molecule has 0 bridgehead atoms. The highest BCUT2D eigenvalue weighted by atomic mass is 32.2. The summed E-state index contributed by atoms with van der Waals surface area (Å²) in [5.41, 5.74) is 0. The maximum atomic E-state index is 13.1. The van der Waals surface area contributed by atoms with Gasteiger partial charge in [-0.25, -0.2) is 8.42 Å². The molecule has 140 valence electrons. The molecule has 0 N–H and O–H groups in total. The Kier molecular flexibility index (Phi) is 5.69. The molecule has 1 aromatic rings. The molecule has 1 aliphatic carbocycles. The number of sulfone groups is 1. The van der Waals surface area contributed by atoms with Gasteiger partial charge in [0.25, 0.3) is 0 Å². The van der Waals surface area contributed by atoms with Crippen molar-refractivity contribution in [2.24, 2.45) is 0 Å². The smallest absolute Gasteiger partial charge is 0.204 e. The van der Waals surface area contributed by atoms with Crippen molar-refractivity contribution >= 4 is 18.2 Å². The molecule has 0 saturated heterocycles. The number of hydrogen-bond donors (Lipinski definition) is 0. The van der Waals surface area contributed by atoms with E-state index in [1.165, 1.54) is 0 Å². The van der Waals surface area contributed by atoms with Gasteiger partial charge in [0, 0.05) is 0 Å². The van der Waals surface area contributed by atoms with Crippen molar-refractivity contribution in [2.45, 2.75) is 62.4 Å². The number of likely N-dealkylation sites (N-methyl/N-ethyl adjacent to an activating group) is 1. The molecule has 4 nitrogen and oxygen atoms in total. The van der Waals surface area contributed by atoms with Gasteiger partial charge in [0.1, 0.15) is 0 Å². The summed E-state index contributed by atoms with van der Waals surface area (Å²) in [6.07, 6.45) is 2.37. The van der Waals surface area contributed by atoms with Gasteiger partial charge in [-0.3, -0.25) is 4.90 Å².